The molecule has 0 aromatic heterocycles. The Labute approximate surface area is 228 Å². The quantitative estimate of drug-likeness (QED) is 0.299. The molecule has 206 valence electrons. The van der Waals surface area contributed by atoms with E-state index in [1.807, 2.05) is 30.3 Å². The van der Waals surface area contributed by atoms with Gasteiger partial charge >= 0.3 is 5.97 Å². The minimum absolute atomic E-state index is 0.00178. The third-order valence-corrected chi connectivity index (χ3v) is 12.6. The summed E-state index contributed by atoms with van der Waals surface area (Å²) in [6.45, 7) is 10.7. The maximum absolute atomic E-state index is 12.7. The van der Waals surface area contributed by atoms with Crippen molar-refractivity contribution < 1.29 is 19.0 Å². The molecule has 5 fully saturated rings. The minimum Gasteiger partial charge on any atom is -0.458 e. The number of carbonyl (C=O) groups excluding carboxylic acids is 1. The molecule has 4 aliphatic carbocycles. The van der Waals surface area contributed by atoms with Crippen molar-refractivity contribution in [1.29, 1.82) is 0 Å². The van der Waals surface area contributed by atoms with Gasteiger partial charge in [-0.1, -0.05) is 57.5 Å². The number of esters is 1. The first-order chi connectivity index (χ1) is 18.2. The summed E-state index contributed by atoms with van der Waals surface area (Å²) in [5, 5.41) is 0. The number of benzene rings is 1. The summed E-state index contributed by atoms with van der Waals surface area (Å²) in [6.07, 6.45) is 13.3. The normalized spacial score (nSPS) is 49.4. The smallest absolute Gasteiger partial charge is 0.338 e. The van der Waals surface area contributed by atoms with Crippen LogP contribution in [0, 0.1) is 46.3 Å². The van der Waals surface area contributed by atoms with Gasteiger partial charge in [0, 0.05) is 18.8 Å². The molecular weight excluding hydrogens is 472 g/mol. The number of ether oxygens (including phenoxy) is 3. The van der Waals surface area contributed by atoms with E-state index in [0.29, 0.717) is 34.8 Å². The lowest BCUT2D eigenvalue weighted by Gasteiger charge is -2.58. The maximum Gasteiger partial charge on any atom is 0.338 e. The molecule has 3 saturated carbocycles. The molecular formula is C34H46O4. The van der Waals surface area contributed by atoms with Crippen LogP contribution in [0.2, 0.25) is 0 Å². The lowest BCUT2D eigenvalue weighted by Crippen LogP contribution is -2.52. The molecule has 1 aromatic carbocycles. The van der Waals surface area contributed by atoms with Gasteiger partial charge in [-0.3, -0.25) is 0 Å². The first-order valence-corrected chi connectivity index (χ1v) is 15.5. The topological polar surface area (TPSA) is 44.8 Å². The second-order valence-corrected chi connectivity index (χ2v) is 14.4. The zero-order chi connectivity index (χ0) is 26.3. The molecule has 0 unspecified atom stereocenters. The molecule has 11 atom stereocenters. The van der Waals surface area contributed by atoms with E-state index in [-0.39, 0.29) is 23.3 Å². The summed E-state index contributed by atoms with van der Waals surface area (Å²) in [4.78, 5) is 12.7. The van der Waals surface area contributed by atoms with E-state index >= 15 is 0 Å². The second kappa shape index (κ2) is 8.93. The van der Waals surface area contributed by atoms with Crippen LogP contribution in [-0.4, -0.2) is 30.6 Å². The summed E-state index contributed by atoms with van der Waals surface area (Å²) < 4.78 is 19.5. The Morgan fingerprint density at radius 3 is 2.58 bits per heavy atom. The van der Waals surface area contributed by atoms with E-state index < -0.39 is 0 Å². The van der Waals surface area contributed by atoms with Crippen LogP contribution in [0.4, 0.5) is 0 Å². The Morgan fingerprint density at radius 1 is 1.00 bits per heavy atom. The van der Waals surface area contributed by atoms with E-state index in [4.69, 9.17) is 14.2 Å². The van der Waals surface area contributed by atoms with Gasteiger partial charge in [0.1, 0.15) is 6.10 Å². The zero-order valence-electron chi connectivity index (χ0n) is 23.8. The van der Waals surface area contributed by atoms with E-state index in [1.54, 1.807) is 5.57 Å². The van der Waals surface area contributed by atoms with Crippen molar-refractivity contribution in [3.8, 4) is 0 Å². The fourth-order valence-corrected chi connectivity index (χ4v) is 10.5. The standard InChI is InChI=1S/C34H46O4/c1-21-12-17-34(36-20-21)22(2)30-29(38-34)19-28-26-11-10-24-18-25(37-31(35)23-8-6-5-7-9-23)13-15-32(24,3)27(26)14-16-33(28,30)4/h5-10,21-22,25-30H,11-20H2,1-4H3/t21-,22+,25-,26-,27+,28+,29+,30+,32-,33-,34-/m0/s1. The number of allylic oxidation sites excluding steroid dienone is 1. The molecule has 2 aliphatic heterocycles. The molecule has 2 saturated heterocycles. The second-order valence-electron chi connectivity index (χ2n) is 14.4. The Bertz CT molecular complexity index is 1100. The van der Waals surface area contributed by atoms with Crippen molar-refractivity contribution in [2.75, 3.05) is 6.61 Å². The van der Waals surface area contributed by atoms with E-state index in [9.17, 15) is 4.79 Å². The van der Waals surface area contributed by atoms with Crippen molar-refractivity contribution in [3.05, 3.63) is 47.5 Å². The lowest BCUT2D eigenvalue weighted by atomic mass is 9.47. The number of hydrogen-bond acceptors (Lipinski definition) is 4. The molecule has 1 aromatic rings. The molecule has 0 amide bonds. The third-order valence-electron chi connectivity index (χ3n) is 12.6. The van der Waals surface area contributed by atoms with Crippen molar-refractivity contribution in [3.63, 3.8) is 0 Å². The van der Waals surface area contributed by atoms with Gasteiger partial charge in [0.05, 0.1) is 18.3 Å². The fraction of sp³-hybridized carbons (Fsp3) is 0.735. The largest absolute Gasteiger partial charge is 0.458 e. The predicted molar refractivity (Wildman–Crippen MR) is 147 cm³/mol. The zero-order valence-corrected chi connectivity index (χ0v) is 23.8. The predicted octanol–water partition coefficient (Wildman–Crippen LogP) is 7.58. The van der Waals surface area contributed by atoms with Gasteiger partial charge in [-0.05, 0) is 97.5 Å². The number of rotatable bonds is 2. The Hall–Kier alpha value is -1.65. The third kappa shape index (κ3) is 3.65. The lowest BCUT2D eigenvalue weighted by molar-refractivity contribution is -0.272. The van der Waals surface area contributed by atoms with Crippen molar-refractivity contribution in [1.82, 2.24) is 0 Å². The Kier molecular flexibility index (Phi) is 5.95. The van der Waals surface area contributed by atoms with Crippen LogP contribution in [0.3, 0.4) is 0 Å². The number of carbonyl (C=O) groups is 1. The summed E-state index contributed by atoms with van der Waals surface area (Å²) in [6, 6.07) is 9.45. The van der Waals surface area contributed by atoms with Crippen LogP contribution in [-0.2, 0) is 14.2 Å². The molecule has 6 aliphatic rings. The van der Waals surface area contributed by atoms with Crippen LogP contribution in [0.15, 0.2) is 42.0 Å². The maximum atomic E-state index is 12.7. The van der Waals surface area contributed by atoms with Gasteiger partial charge in [-0.25, -0.2) is 4.79 Å². The van der Waals surface area contributed by atoms with Crippen molar-refractivity contribution in [2.24, 2.45) is 46.3 Å². The SMILES string of the molecule is C[C@H]1CC[C@]2(OC1)O[C@@H]1C[C@@H]3[C@H]4CC=C5C[C@@H](OC(=O)c6ccccc6)CC[C@]5(C)[C@@H]4CC[C@]3(C)[C@@H]1[C@H]2C. The van der Waals surface area contributed by atoms with Crippen LogP contribution in [0.5, 0.6) is 0 Å². The molecule has 2 heterocycles. The molecule has 38 heavy (non-hydrogen) atoms. The highest BCUT2D eigenvalue weighted by molar-refractivity contribution is 5.89. The molecule has 7 rings (SSSR count). The summed E-state index contributed by atoms with van der Waals surface area (Å²) >= 11 is 0. The molecule has 4 heteroatoms. The van der Waals surface area contributed by atoms with E-state index in [2.05, 4.69) is 33.8 Å². The first kappa shape index (κ1) is 25.3. The van der Waals surface area contributed by atoms with Gasteiger partial charge in [-0.2, -0.15) is 0 Å². The highest BCUT2D eigenvalue weighted by Gasteiger charge is 2.68. The van der Waals surface area contributed by atoms with Gasteiger partial charge in [-0.15, -0.1) is 0 Å². The summed E-state index contributed by atoms with van der Waals surface area (Å²) in [5.74, 6) is 3.46. The molecule has 0 N–H and O–H groups in total. The fourth-order valence-electron chi connectivity index (χ4n) is 10.5. The molecule has 0 radical (unpaired) electrons. The van der Waals surface area contributed by atoms with Crippen LogP contribution in [0.1, 0.15) is 95.8 Å². The van der Waals surface area contributed by atoms with Crippen molar-refractivity contribution >= 4 is 5.97 Å². The molecule has 4 nitrogen and oxygen atoms in total. The van der Waals surface area contributed by atoms with Crippen molar-refractivity contribution in [2.45, 2.75) is 103 Å². The Morgan fingerprint density at radius 2 is 1.82 bits per heavy atom. The first-order valence-electron chi connectivity index (χ1n) is 15.5. The van der Waals surface area contributed by atoms with Crippen LogP contribution in [0.25, 0.3) is 0 Å². The average Bonchev–Trinajstić information content (AvgIpc) is 3.36. The number of fused-ring (bicyclic) bond motifs is 7. The van der Waals surface area contributed by atoms with Gasteiger partial charge in [0.15, 0.2) is 5.79 Å². The summed E-state index contributed by atoms with van der Waals surface area (Å²) in [5.41, 5.74) is 2.81. The minimum atomic E-state index is -0.326. The monoisotopic (exact) mass is 518 g/mol. The van der Waals surface area contributed by atoms with Gasteiger partial charge < -0.3 is 14.2 Å². The molecule has 0 bridgehead atoms. The average molecular weight is 519 g/mol. The Balaban J connectivity index is 1.08. The van der Waals surface area contributed by atoms with Gasteiger partial charge in [0.25, 0.3) is 0 Å². The summed E-state index contributed by atoms with van der Waals surface area (Å²) in [7, 11) is 0. The van der Waals surface area contributed by atoms with E-state index in [0.717, 1.165) is 50.0 Å². The van der Waals surface area contributed by atoms with Gasteiger partial charge in [0.2, 0.25) is 0 Å². The highest BCUT2D eigenvalue weighted by Crippen LogP contribution is 2.70. The number of hydrogen-bond donors (Lipinski definition) is 0. The van der Waals surface area contributed by atoms with E-state index in [1.165, 1.54) is 32.1 Å². The molecule has 1 spiro atoms. The van der Waals surface area contributed by atoms with Crippen LogP contribution < -0.4 is 0 Å². The van der Waals surface area contributed by atoms with Crippen LogP contribution >= 0.6 is 0 Å². The highest BCUT2D eigenvalue weighted by atomic mass is 16.7.